The first kappa shape index (κ1) is 23.4. The van der Waals surface area contributed by atoms with Gasteiger partial charge in [-0.15, -0.1) is 0 Å². The van der Waals surface area contributed by atoms with Gasteiger partial charge in [-0.3, -0.25) is 4.79 Å². The molecule has 0 spiro atoms. The molecule has 0 unspecified atom stereocenters. The molecule has 2 aromatic rings. The van der Waals surface area contributed by atoms with Crippen molar-refractivity contribution in [2.24, 2.45) is 0 Å². The van der Waals surface area contributed by atoms with E-state index in [4.69, 9.17) is 21.1 Å². The van der Waals surface area contributed by atoms with Crippen LogP contribution in [-0.4, -0.2) is 35.3 Å². The lowest BCUT2D eigenvalue weighted by Crippen LogP contribution is -2.62. The van der Waals surface area contributed by atoms with Crippen molar-refractivity contribution >= 4 is 35.4 Å². The number of fused-ring (bicyclic) bond motifs is 1. The van der Waals surface area contributed by atoms with Crippen LogP contribution in [0.4, 0.5) is 15.3 Å². The van der Waals surface area contributed by atoms with E-state index in [0.717, 1.165) is 10.6 Å². The van der Waals surface area contributed by atoms with Crippen molar-refractivity contribution < 1.29 is 23.9 Å². The number of para-hydroxylation sites is 1. The van der Waals surface area contributed by atoms with Gasteiger partial charge in [-0.1, -0.05) is 41.9 Å². The number of hydrogen-bond donors (Lipinski definition) is 2. The Labute approximate surface area is 191 Å². The van der Waals surface area contributed by atoms with E-state index in [1.54, 1.807) is 76.2 Å². The van der Waals surface area contributed by atoms with Crippen LogP contribution in [0.5, 0.6) is 0 Å². The maximum atomic E-state index is 13.5. The van der Waals surface area contributed by atoms with Crippen molar-refractivity contribution in [3.8, 4) is 0 Å². The third-order valence-corrected chi connectivity index (χ3v) is 5.07. The van der Waals surface area contributed by atoms with Gasteiger partial charge in [0.15, 0.2) is 5.54 Å². The maximum Gasteiger partial charge on any atom is 0.430 e. The molecule has 1 atom stereocenters. The number of nitrogens with one attached hydrogen (secondary N) is 2. The summed E-state index contributed by atoms with van der Waals surface area (Å²) in [4.78, 5) is 39.2. The van der Waals surface area contributed by atoms with Crippen molar-refractivity contribution in [2.45, 2.75) is 51.9 Å². The first-order chi connectivity index (χ1) is 15.1. The molecule has 32 heavy (non-hydrogen) atoms. The minimum Gasteiger partial charge on any atom is -0.446 e. The first-order valence-electron chi connectivity index (χ1n) is 10.3. The van der Waals surface area contributed by atoms with E-state index >= 15 is 0 Å². The van der Waals surface area contributed by atoms with Crippen LogP contribution < -0.4 is 10.7 Å². The van der Waals surface area contributed by atoms with Crippen LogP contribution in [0.15, 0.2) is 48.5 Å². The maximum absolute atomic E-state index is 13.5. The average Bonchev–Trinajstić information content (AvgIpc) is 2.99. The van der Waals surface area contributed by atoms with Gasteiger partial charge in [0.2, 0.25) is 0 Å². The lowest BCUT2D eigenvalue weighted by Gasteiger charge is -2.38. The summed E-state index contributed by atoms with van der Waals surface area (Å²) < 4.78 is 10.6. The van der Waals surface area contributed by atoms with Crippen molar-refractivity contribution in [1.82, 2.24) is 10.4 Å². The predicted octanol–water partition coefficient (Wildman–Crippen LogP) is 4.63. The Bertz CT molecular complexity index is 1010. The molecule has 0 aliphatic carbocycles. The summed E-state index contributed by atoms with van der Waals surface area (Å²) in [6.45, 7) is 6.71. The second-order valence-corrected chi connectivity index (χ2v) is 8.43. The number of anilines is 1. The van der Waals surface area contributed by atoms with Gasteiger partial charge in [0.1, 0.15) is 0 Å². The normalized spacial score (nSPS) is 17.0. The van der Waals surface area contributed by atoms with Crippen LogP contribution in [0.2, 0.25) is 5.02 Å². The molecule has 0 saturated carbocycles. The lowest BCUT2D eigenvalue weighted by molar-refractivity contribution is -0.129. The molecule has 170 valence electrons. The average molecular weight is 460 g/mol. The zero-order valence-corrected chi connectivity index (χ0v) is 19.1. The molecule has 3 amide bonds. The molecular weight excluding hydrogens is 434 g/mol. The van der Waals surface area contributed by atoms with E-state index in [1.807, 2.05) is 0 Å². The zero-order valence-electron chi connectivity index (χ0n) is 18.3. The fourth-order valence-electron chi connectivity index (χ4n) is 3.56. The largest absolute Gasteiger partial charge is 0.446 e. The Morgan fingerprint density at radius 1 is 1.03 bits per heavy atom. The number of carbonyl (C=O) groups is 3. The number of halogens is 1. The van der Waals surface area contributed by atoms with Gasteiger partial charge in [0, 0.05) is 22.7 Å². The number of carbonyl (C=O) groups excluding carboxylic acids is 3. The molecule has 9 heteroatoms. The van der Waals surface area contributed by atoms with Crippen LogP contribution in [0.25, 0.3) is 0 Å². The third-order valence-electron chi connectivity index (χ3n) is 4.82. The minimum absolute atomic E-state index is 0.0577. The van der Waals surface area contributed by atoms with Gasteiger partial charge in [-0.2, -0.15) is 5.01 Å². The van der Waals surface area contributed by atoms with Crippen LogP contribution in [-0.2, 0) is 26.2 Å². The second kappa shape index (κ2) is 9.48. The molecule has 1 aliphatic rings. The molecular formula is C23H26ClN3O5. The number of nitrogens with zero attached hydrogens (tertiary/aromatic N) is 1. The van der Waals surface area contributed by atoms with E-state index in [0.29, 0.717) is 16.3 Å². The van der Waals surface area contributed by atoms with E-state index in [9.17, 15) is 14.4 Å². The van der Waals surface area contributed by atoms with Crippen molar-refractivity contribution in [3.05, 3.63) is 64.7 Å². The number of hydrazine groups is 1. The Morgan fingerprint density at radius 3 is 2.28 bits per heavy atom. The molecule has 0 bridgehead atoms. The first-order valence-corrected chi connectivity index (χ1v) is 10.6. The van der Waals surface area contributed by atoms with Gasteiger partial charge in [-0.25, -0.2) is 15.0 Å². The third kappa shape index (κ3) is 4.80. The van der Waals surface area contributed by atoms with Gasteiger partial charge >= 0.3 is 12.2 Å². The molecule has 0 fully saturated rings. The molecule has 0 saturated heterocycles. The number of benzene rings is 2. The molecule has 1 heterocycles. The Balaban J connectivity index is 2.15. The number of rotatable bonds is 5. The summed E-state index contributed by atoms with van der Waals surface area (Å²) >= 11 is 6.02. The molecule has 0 aromatic heterocycles. The molecule has 1 aliphatic heterocycles. The highest BCUT2D eigenvalue weighted by Crippen LogP contribution is 2.42. The van der Waals surface area contributed by atoms with Crippen LogP contribution in [0.1, 0.15) is 38.8 Å². The highest BCUT2D eigenvalue weighted by atomic mass is 35.5. The summed E-state index contributed by atoms with van der Waals surface area (Å²) in [6.07, 6.45) is -2.63. The zero-order chi connectivity index (χ0) is 23.5. The van der Waals surface area contributed by atoms with Gasteiger partial charge in [-0.05, 0) is 51.5 Å². The minimum atomic E-state index is -1.62. The van der Waals surface area contributed by atoms with Gasteiger partial charge in [0.05, 0.1) is 12.2 Å². The van der Waals surface area contributed by atoms with E-state index in [2.05, 4.69) is 10.7 Å². The Kier molecular flexibility index (Phi) is 6.93. The molecule has 3 rings (SSSR count). The van der Waals surface area contributed by atoms with Crippen LogP contribution in [0.3, 0.4) is 0 Å². The summed E-state index contributed by atoms with van der Waals surface area (Å²) in [5, 5.41) is 4.28. The fraction of sp³-hybridized carbons (Fsp3) is 0.348. The monoisotopic (exact) mass is 459 g/mol. The summed E-state index contributed by atoms with van der Waals surface area (Å²) in [6, 6.07) is 13.9. The molecule has 0 radical (unpaired) electrons. The highest BCUT2D eigenvalue weighted by Gasteiger charge is 2.55. The SMILES string of the molecule is CC(C)OC(=O)NN(C(=O)OC(C)C)[C@@]1(Cc2ccc(Cl)cc2)C(=O)Nc2ccccc21. The topological polar surface area (TPSA) is 97.0 Å². The quantitative estimate of drug-likeness (QED) is 0.635. The predicted molar refractivity (Wildman–Crippen MR) is 120 cm³/mol. The summed E-state index contributed by atoms with van der Waals surface area (Å²) in [7, 11) is 0. The standard InChI is InChI=1S/C23H26ClN3O5/c1-14(2)31-21(29)26-27(22(30)32-15(3)4)23(13-16-9-11-17(24)12-10-16)18-7-5-6-8-19(18)25-20(23)28/h5-12,14-15H,13H2,1-4H3,(H,25,28)(H,26,29)/t23-/m1/s1. The lowest BCUT2D eigenvalue weighted by atomic mass is 9.84. The summed E-state index contributed by atoms with van der Waals surface area (Å²) in [5.41, 5.74) is 2.61. The molecule has 2 N–H and O–H groups in total. The van der Waals surface area contributed by atoms with Gasteiger partial charge < -0.3 is 14.8 Å². The summed E-state index contributed by atoms with van der Waals surface area (Å²) in [5.74, 6) is -0.487. The second-order valence-electron chi connectivity index (χ2n) is 8.00. The van der Waals surface area contributed by atoms with Crippen LogP contribution >= 0.6 is 11.6 Å². The molecule has 8 nitrogen and oxygen atoms in total. The highest BCUT2D eigenvalue weighted by molar-refractivity contribution is 6.30. The number of amides is 3. The smallest absolute Gasteiger partial charge is 0.430 e. The van der Waals surface area contributed by atoms with Gasteiger partial charge in [0.25, 0.3) is 5.91 Å². The van der Waals surface area contributed by atoms with E-state index in [-0.39, 0.29) is 6.42 Å². The van der Waals surface area contributed by atoms with Crippen molar-refractivity contribution in [3.63, 3.8) is 0 Å². The van der Waals surface area contributed by atoms with E-state index in [1.165, 1.54) is 0 Å². The number of hydrogen-bond acceptors (Lipinski definition) is 5. The van der Waals surface area contributed by atoms with Crippen molar-refractivity contribution in [2.75, 3.05) is 5.32 Å². The molecule has 2 aromatic carbocycles. The Hall–Kier alpha value is -3.26. The van der Waals surface area contributed by atoms with Crippen LogP contribution in [0, 0.1) is 0 Å². The van der Waals surface area contributed by atoms with Crippen molar-refractivity contribution in [1.29, 1.82) is 0 Å². The fourth-order valence-corrected chi connectivity index (χ4v) is 3.68. The van der Waals surface area contributed by atoms with E-state index < -0.39 is 35.8 Å². The number of ether oxygens (including phenoxy) is 2. The Morgan fingerprint density at radius 2 is 1.66 bits per heavy atom.